The number of para-hydroxylation sites is 2. The zero-order chi connectivity index (χ0) is 47.8. The number of pyridine rings is 1. The van der Waals surface area contributed by atoms with Crippen molar-refractivity contribution in [3.05, 3.63) is 168 Å². The Morgan fingerprint density at radius 2 is 1.47 bits per heavy atom. The van der Waals surface area contributed by atoms with Gasteiger partial charge in [0.15, 0.2) is 0 Å². The van der Waals surface area contributed by atoms with E-state index in [1.54, 1.807) is 59.3 Å². The first-order valence-electron chi connectivity index (χ1n) is 23.7. The van der Waals surface area contributed by atoms with E-state index in [9.17, 15) is 5.11 Å². The number of benzene rings is 6. The number of hydrogen-bond donors (Lipinski definition) is 1. The Balaban J connectivity index is 0.00000666. The van der Waals surface area contributed by atoms with Crippen molar-refractivity contribution in [2.24, 2.45) is 0 Å². The summed E-state index contributed by atoms with van der Waals surface area (Å²) in [7, 11) is 0. The van der Waals surface area contributed by atoms with Crippen LogP contribution in [0.2, 0.25) is 0 Å². The number of aryl methyl sites for hydroxylation is 1. The summed E-state index contributed by atoms with van der Waals surface area (Å²) in [6.07, 6.45) is 1.55. The van der Waals surface area contributed by atoms with Crippen LogP contribution in [0.3, 0.4) is 0 Å². The number of rotatable bonds is 8. The first-order chi connectivity index (χ1) is 30.9. The van der Waals surface area contributed by atoms with Crippen molar-refractivity contribution in [2.75, 3.05) is 0 Å². The monoisotopic (exact) mass is 948 g/mol. The molecule has 8 aromatic rings. The largest absolute Gasteiger partial charge is 0.507 e. The average molecular weight is 949 g/mol. The van der Waals surface area contributed by atoms with Crippen molar-refractivity contribution in [3.8, 4) is 67.5 Å². The van der Waals surface area contributed by atoms with Crippen LogP contribution in [0.25, 0.3) is 72.7 Å². The molecule has 2 aromatic heterocycles. The fraction of sp³-hybridized carbons (Fsp3) is 0.208. The number of phenolic OH excluding ortho intramolecular Hbond substituents is 1. The molecule has 0 aliphatic rings. The molecule has 1 N–H and O–H groups in total. The number of imidazole rings is 1. The maximum Gasteiger partial charge on any atom is 0.148 e. The summed E-state index contributed by atoms with van der Waals surface area (Å²) in [6, 6.07) is 32.9. The standard InChI is InChI=1S/C53H50N3O.Pt/c1-33(2)39-26-40(34(3)4)28-41(27-39)37-21-22-48(35(5)25-37)56-49-19-14-18-45(51(49)55-52(56)46-17-12-13-20-50(46)57)42-29-43(31-44(30-42)53(6,7)8)47-32-38(23-24-54-47)36-15-10-9-11-16-36;/h9-28,30-34,57H,1-8H3;/q-1;/i5D3,9D,10D,11D,15D,16D,33D;. The van der Waals surface area contributed by atoms with Gasteiger partial charge in [-0.3, -0.25) is 9.55 Å². The molecule has 0 amide bonds. The topological polar surface area (TPSA) is 50.9 Å². The van der Waals surface area contributed by atoms with Gasteiger partial charge in [-0.2, -0.15) is 0 Å². The van der Waals surface area contributed by atoms with Crippen molar-refractivity contribution >= 4 is 11.0 Å². The number of hydrogen-bond acceptors (Lipinski definition) is 3. The second kappa shape index (κ2) is 16.4. The van der Waals surface area contributed by atoms with Gasteiger partial charge in [-0.1, -0.05) is 144 Å². The van der Waals surface area contributed by atoms with E-state index in [-0.39, 0.29) is 61.4 Å². The van der Waals surface area contributed by atoms with E-state index in [2.05, 4.69) is 51.7 Å². The molecule has 294 valence electrons. The van der Waals surface area contributed by atoms with Crippen LogP contribution in [-0.2, 0) is 26.5 Å². The van der Waals surface area contributed by atoms with E-state index in [0.29, 0.717) is 61.6 Å². The number of nitrogens with zero attached hydrogens (tertiary/aromatic N) is 3. The maximum absolute atomic E-state index is 11.4. The molecule has 0 atom stereocenters. The number of aromatic nitrogens is 3. The first kappa shape index (κ1) is 30.5. The molecule has 5 heteroatoms. The normalized spacial score (nSPS) is 14.3. The molecular weight excluding hydrogens is 890 g/mol. The van der Waals surface area contributed by atoms with Crippen LogP contribution in [0.15, 0.2) is 140 Å². The molecule has 58 heavy (non-hydrogen) atoms. The van der Waals surface area contributed by atoms with Crippen molar-refractivity contribution in [1.29, 1.82) is 0 Å². The van der Waals surface area contributed by atoms with E-state index in [1.807, 2.05) is 62.4 Å². The molecule has 0 unspecified atom stereocenters. The predicted octanol–water partition coefficient (Wildman–Crippen LogP) is 14.1. The van der Waals surface area contributed by atoms with Gasteiger partial charge in [-0.15, -0.1) is 29.3 Å². The van der Waals surface area contributed by atoms with Gasteiger partial charge in [-0.25, -0.2) is 4.98 Å². The van der Waals surface area contributed by atoms with Crippen LogP contribution in [0.1, 0.15) is 94.9 Å². The van der Waals surface area contributed by atoms with E-state index in [0.717, 1.165) is 22.3 Å². The molecule has 6 aromatic carbocycles. The number of phenols is 1. The zero-order valence-electron chi connectivity index (χ0n) is 42.6. The third-order valence-corrected chi connectivity index (χ3v) is 10.5. The van der Waals surface area contributed by atoms with Crippen LogP contribution >= 0.6 is 0 Å². The SMILES string of the molecule is [2H]c1c([2H])c([2H])c(-c2ccnc(-c3[c-]c(-c4cccc5c4nc(-c4ccccc4O)n5-c4ccc(-c5cc(C(C)C)cc(C([2H])(C)C)c5)cc4C([2H])([2H])[2H])cc(C(C)(C)C)c3)c2)c([2H])c1[2H].[Pt]. The number of aromatic hydroxyl groups is 1. The Bertz CT molecular complexity index is 3190. The van der Waals surface area contributed by atoms with Gasteiger partial charge in [-0.05, 0) is 99.4 Å². The summed E-state index contributed by atoms with van der Waals surface area (Å²) >= 11 is 0. The Labute approximate surface area is 370 Å². The van der Waals surface area contributed by atoms with Crippen LogP contribution in [0.5, 0.6) is 5.75 Å². The molecule has 0 saturated heterocycles. The summed E-state index contributed by atoms with van der Waals surface area (Å²) in [5.74, 6) is -0.414. The number of fused-ring (bicyclic) bond motifs is 1. The van der Waals surface area contributed by atoms with Gasteiger partial charge in [0.2, 0.25) is 0 Å². The molecule has 0 fully saturated rings. The summed E-state index contributed by atoms with van der Waals surface area (Å²) < 4.78 is 79.2. The molecule has 0 bridgehead atoms. The van der Waals surface area contributed by atoms with Gasteiger partial charge >= 0.3 is 0 Å². The minimum atomic E-state index is -2.58. The quantitative estimate of drug-likeness (QED) is 0.154. The molecule has 0 saturated carbocycles. The summed E-state index contributed by atoms with van der Waals surface area (Å²) in [5.41, 5.74) is 8.79. The smallest absolute Gasteiger partial charge is 0.148 e. The third kappa shape index (κ3) is 7.96. The minimum Gasteiger partial charge on any atom is -0.507 e. The Morgan fingerprint density at radius 1 is 0.741 bits per heavy atom. The fourth-order valence-corrected chi connectivity index (χ4v) is 7.17. The third-order valence-electron chi connectivity index (χ3n) is 10.5. The molecule has 8 rings (SSSR count). The molecule has 0 radical (unpaired) electrons. The summed E-state index contributed by atoms with van der Waals surface area (Å²) in [6.45, 7) is 11.6. The summed E-state index contributed by atoms with van der Waals surface area (Å²) in [4.78, 5) is 9.91. The van der Waals surface area contributed by atoms with E-state index in [1.165, 1.54) is 0 Å². The molecule has 4 nitrogen and oxygen atoms in total. The van der Waals surface area contributed by atoms with Crippen LogP contribution in [-0.4, -0.2) is 19.6 Å². The van der Waals surface area contributed by atoms with Gasteiger partial charge < -0.3 is 5.11 Å². The first-order valence-corrected chi connectivity index (χ1v) is 19.2. The van der Waals surface area contributed by atoms with Crippen LogP contribution < -0.4 is 0 Å². The zero-order valence-corrected chi connectivity index (χ0v) is 35.8. The molecular formula is C53H50N3OPt-. The van der Waals surface area contributed by atoms with Gasteiger partial charge in [0.1, 0.15) is 11.6 Å². The van der Waals surface area contributed by atoms with Crippen molar-refractivity contribution in [1.82, 2.24) is 14.5 Å². The summed E-state index contributed by atoms with van der Waals surface area (Å²) in [5, 5.41) is 11.4. The van der Waals surface area contributed by atoms with Gasteiger partial charge in [0, 0.05) is 38.4 Å². The maximum atomic E-state index is 11.4. The Morgan fingerprint density at radius 3 is 2.19 bits per heavy atom. The predicted molar refractivity (Wildman–Crippen MR) is 238 cm³/mol. The molecule has 0 aliphatic heterocycles. The second-order valence-corrected chi connectivity index (χ2v) is 16.1. The van der Waals surface area contributed by atoms with Gasteiger partial charge in [0.05, 0.1) is 29.1 Å². The van der Waals surface area contributed by atoms with Crippen LogP contribution in [0, 0.1) is 12.9 Å². The minimum absolute atomic E-state index is 0. The van der Waals surface area contributed by atoms with E-state index in [4.69, 9.17) is 17.3 Å². The Kier molecular flexibility index (Phi) is 8.60. The second-order valence-electron chi connectivity index (χ2n) is 16.1. The Hall–Kier alpha value is -5.57. The van der Waals surface area contributed by atoms with Gasteiger partial charge in [0.25, 0.3) is 0 Å². The van der Waals surface area contributed by atoms with E-state index < -0.39 is 30.9 Å². The fourth-order valence-electron chi connectivity index (χ4n) is 7.17. The van der Waals surface area contributed by atoms with Crippen molar-refractivity contribution < 1.29 is 38.5 Å². The molecule has 2 heterocycles. The molecule has 0 aliphatic carbocycles. The van der Waals surface area contributed by atoms with E-state index >= 15 is 0 Å². The average Bonchev–Trinajstić information content (AvgIpc) is 3.66. The van der Waals surface area contributed by atoms with Crippen molar-refractivity contribution in [2.45, 2.75) is 72.5 Å². The molecule has 0 spiro atoms. The van der Waals surface area contributed by atoms with Crippen LogP contribution in [0.4, 0.5) is 0 Å². The van der Waals surface area contributed by atoms with Crippen molar-refractivity contribution in [3.63, 3.8) is 0 Å².